The first-order chi connectivity index (χ1) is 19.1. The van der Waals surface area contributed by atoms with E-state index in [4.69, 9.17) is 22.1 Å². The van der Waals surface area contributed by atoms with Gasteiger partial charge in [0.05, 0.1) is 22.6 Å². The molecule has 2 atom stereocenters. The minimum atomic E-state index is -1.01. The molecule has 0 aliphatic rings. The van der Waals surface area contributed by atoms with Crippen LogP contribution in [0.15, 0.2) is 79.0 Å². The summed E-state index contributed by atoms with van der Waals surface area (Å²) in [7, 11) is 0. The fourth-order valence-electron chi connectivity index (χ4n) is 3.92. The van der Waals surface area contributed by atoms with Gasteiger partial charge in [-0.2, -0.15) is 0 Å². The first-order valence-electron chi connectivity index (χ1n) is 12.0. The Morgan fingerprint density at radius 2 is 1.88 bits per heavy atom. The second-order valence-electron chi connectivity index (χ2n) is 8.81. The number of amides is 1. The first kappa shape index (κ1) is 28.2. The van der Waals surface area contributed by atoms with Crippen LogP contribution in [0.3, 0.4) is 0 Å². The van der Waals surface area contributed by atoms with E-state index in [0.29, 0.717) is 16.3 Å². The van der Waals surface area contributed by atoms with Gasteiger partial charge in [-0.25, -0.2) is 13.8 Å². The summed E-state index contributed by atoms with van der Waals surface area (Å²) in [6.45, 7) is 1.66. The van der Waals surface area contributed by atoms with E-state index < -0.39 is 34.5 Å². The van der Waals surface area contributed by atoms with Crippen molar-refractivity contribution in [2.45, 2.75) is 19.0 Å². The summed E-state index contributed by atoms with van der Waals surface area (Å²) in [5, 5.41) is 17.5. The highest BCUT2D eigenvalue weighted by Gasteiger charge is 2.21. The van der Waals surface area contributed by atoms with E-state index in [2.05, 4.69) is 15.6 Å². The van der Waals surface area contributed by atoms with Crippen LogP contribution in [0.2, 0.25) is 5.02 Å². The second-order valence-corrected chi connectivity index (χ2v) is 9.25. The Hall–Kier alpha value is -4.77. The molecular formula is C28H24ClF2N5O4. The van der Waals surface area contributed by atoms with E-state index >= 15 is 0 Å². The summed E-state index contributed by atoms with van der Waals surface area (Å²) in [4.78, 5) is 28.0. The Labute approximate surface area is 233 Å². The zero-order valence-electron chi connectivity index (χ0n) is 21.1. The minimum absolute atomic E-state index is 0.0144. The van der Waals surface area contributed by atoms with Crippen LogP contribution in [0.1, 0.15) is 40.5 Å². The molecule has 4 aromatic rings. The summed E-state index contributed by atoms with van der Waals surface area (Å²) in [6.07, 6.45) is 1.50. The molecule has 0 radical (unpaired) electrons. The van der Waals surface area contributed by atoms with Crippen molar-refractivity contribution in [2.75, 3.05) is 17.7 Å². The van der Waals surface area contributed by atoms with Crippen LogP contribution >= 0.6 is 11.6 Å². The summed E-state index contributed by atoms with van der Waals surface area (Å²) in [6, 6.07) is 16.4. The van der Waals surface area contributed by atoms with Crippen molar-refractivity contribution in [1.29, 1.82) is 0 Å². The van der Waals surface area contributed by atoms with Gasteiger partial charge in [-0.3, -0.25) is 14.9 Å². The highest BCUT2D eigenvalue weighted by Crippen LogP contribution is 2.29. The lowest BCUT2D eigenvalue weighted by Crippen LogP contribution is -2.29. The summed E-state index contributed by atoms with van der Waals surface area (Å²) in [5.41, 5.74) is 6.80. The number of hydrogen-bond donors (Lipinski definition) is 3. The molecule has 206 valence electrons. The van der Waals surface area contributed by atoms with Crippen molar-refractivity contribution >= 4 is 34.7 Å². The van der Waals surface area contributed by atoms with E-state index in [0.717, 1.165) is 17.7 Å². The topological polar surface area (TPSA) is 132 Å². The largest absolute Gasteiger partial charge is 0.491 e. The third-order valence-electron chi connectivity index (χ3n) is 6.02. The molecule has 3 aromatic carbocycles. The Bertz CT molecular complexity index is 1560. The summed E-state index contributed by atoms with van der Waals surface area (Å²) >= 11 is 6.22. The molecule has 1 aromatic heterocycles. The number of benzene rings is 3. The van der Waals surface area contributed by atoms with Gasteiger partial charge in [0.25, 0.3) is 11.6 Å². The quantitative estimate of drug-likeness (QED) is 0.118. The number of halogens is 3. The van der Waals surface area contributed by atoms with Gasteiger partial charge in [-0.05, 0) is 60.5 Å². The molecule has 0 aliphatic carbocycles. The number of nitrogen functional groups attached to an aromatic ring is 1. The number of nitrogens with two attached hydrogens (primary N) is 1. The van der Waals surface area contributed by atoms with Gasteiger partial charge in [-0.15, -0.1) is 0 Å². The van der Waals surface area contributed by atoms with Crippen molar-refractivity contribution < 1.29 is 23.2 Å². The van der Waals surface area contributed by atoms with Gasteiger partial charge in [-0.1, -0.05) is 29.8 Å². The Morgan fingerprint density at radius 3 is 2.58 bits per heavy atom. The SMILES string of the molecule is C[C@H](NC(=O)c1cccnc1N[C@@H](COc1ccc([N+](=O)[O-])c(N)c1)c1cccc(Cl)c1)c1ccc(F)c(F)c1. The number of anilines is 2. The molecule has 4 rings (SSSR count). The van der Waals surface area contributed by atoms with E-state index in [1.807, 2.05) is 6.07 Å². The van der Waals surface area contributed by atoms with Crippen LogP contribution in [0.25, 0.3) is 0 Å². The molecule has 0 saturated heterocycles. The molecule has 0 saturated carbocycles. The van der Waals surface area contributed by atoms with Crippen LogP contribution in [0, 0.1) is 21.7 Å². The van der Waals surface area contributed by atoms with Crippen LogP contribution in [-0.2, 0) is 0 Å². The number of carbonyl (C=O) groups is 1. The number of hydrogen-bond acceptors (Lipinski definition) is 7. The standard InChI is InChI=1S/C28H24ClF2N5O4/c1-16(17-7-9-22(30)23(31)13-17)34-28(37)21-6-3-11-33-27(21)35-25(18-4-2-5-19(29)12-18)15-40-20-8-10-26(36(38)39)24(32)14-20/h2-14,16,25H,15,32H2,1H3,(H,33,35)(H,34,37)/t16-,25-/m0/s1. The molecule has 4 N–H and O–H groups in total. The third-order valence-corrected chi connectivity index (χ3v) is 6.25. The van der Waals surface area contributed by atoms with Gasteiger partial charge in [0.15, 0.2) is 11.6 Å². The van der Waals surface area contributed by atoms with Gasteiger partial charge >= 0.3 is 0 Å². The number of pyridine rings is 1. The molecule has 12 heteroatoms. The lowest BCUT2D eigenvalue weighted by Gasteiger charge is -2.22. The summed E-state index contributed by atoms with van der Waals surface area (Å²) in [5.74, 6) is -1.96. The van der Waals surface area contributed by atoms with Crippen molar-refractivity contribution in [1.82, 2.24) is 10.3 Å². The fraction of sp³-hybridized carbons (Fsp3) is 0.143. The number of nitrogens with zero attached hydrogens (tertiary/aromatic N) is 2. The predicted octanol–water partition coefficient (Wildman–Crippen LogP) is 6.23. The number of nitro benzene ring substituents is 1. The molecule has 0 fully saturated rings. The molecule has 1 amide bonds. The Kier molecular flexibility index (Phi) is 8.75. The van der Waals surface area contributed by atoms with E-state index in [1.165, 1.54) is 30.5 Å². The smallest absolute Gasteiger partial charge is 0.292 e. The Balaban J connectivity index is 1.56. The van der Waals surface area contributed by atoms with Crippen molar-refractivity contribution in [3.63, 3.8) is 0 Å². The molecule has 40 heavy (non-hydrogen) atoms. The van der Waals surface area contributed by atoms with Crippen LogP contribution in [0.4, 0.5) is 26.0 Å². The molecule has 0 aliphatic heterocycles. The number of ether oxygens (including phenoxy) is 1. The fourth-order valence-corrected chi connectivity index (χ4v) is 4.12. The molecule has 0 spiro atoms. The lowest BCUT2D eigenvalue weighted by atomic mass is 10.1. The number of rotatable bonds is 10. The number of nitro groups is 1. The van der Waals surface area contributed by atoms with Crippen molar-refractivity contribution in [3.8, 4) is 5.75 Å². The maximum absolute atomic E-state index is 13.7. The van der Waals surface area contributed by atoms with E-state index in [9.17, 15) is 23.7 Å². The zero-order chi connectivity index (χ0) is 28.8. The van der Waals surface area contributed by atoms with Crippen LogP contribution in [-0.4, -0.2) is 22.4 Å². The first-order valence-corrected chi connectivity index (χ1v) is 12.4. The normalized spacial score (nSPS) is 12.3. The molecule has 0 unspecified atom stereocenters. The zero-order valence-corrected chi connectivity index (χ0v) is 21.9. The number of aromatic nitrogens is 1. The van der Waals surface area contributed by atoms with Gasteiger partial charge in [0.2, 0.25) is 0 Å². The average Bonchev–Trinajstić information content (AvgIpc) is 2.92. The predicted molar refractivity (Wildman–Crippen MR) is 147 cm³/mol. The second kappa shape index (κ2) is 12.4. The van der Waals surface area contributed by atoms with E-state index in [-0.39, 0.29) is 29.4 Å². The number of carbonyl (C=O) groups excluding carboxylic acids is 1. The van der Waals surface area contributed by atoms with Crippen LogP contribution < -0.4 is 21.1 Å². The molecule has 1 heterocycles. The van der Waals surface area contributed by atoms with E-state index in [1.54, 1.807) is 37.3 Å². The number of nitrogens with one attached hydrogen (secondary N) is 2. The molecule has 9 nitrogen and oxygen atoms in total. The Morgan fingerprint density at radius 1 is 1.07 bits per heavy atom. The molecule has 0 bridgehead atoms. The lowest BCUT2D eigenvalue weighted by molar-refractivity contribution is -0.383. The third kappa shape index (κ3) is 6.80. The van der Waals surface area contributed by atoms with Crippen molar-refractivity contribution in [3.05, 3.63) is 122 Å². The van der Waals surface area contributed by atoms with Crippen LogP contribution in [0.5, 0.6) is 5.75 Å². The summed E-state index contributed by atoms with van der Waals surface area (Å²) < 4.78 is 32.9. The monoisotopic (exact) mass is 567 g/mol. The van der Waals surface area contributed by atoms with Gasteiger partial charge in [0, 0.05) is 23.4 Å². The average molecular weight is 568 g/mol. The maximum Gasteiger partial charge on any atom is 0.292 e. The van der Waals surface area contributed by atoms with Gasteiger partial charge in [0.1, 0.15) is 23.9 Å². The highest BCUT2D eigenvalue weighted by molar-refractivity contribution is 6.30. The van der Waals surface area contributed by atoms with Crippen molar-refractivity contribution in [2.24, 2.45) is 0 Å². The highest BCUT2D eigenvalue weighted by atomic mass is 35.5. The van der Waals surface area contributed by atoms with Gasteiger partial charge < -0.3 is 21.1 Å². The maximum atomic E-state index is 13.7. The molecular weight excluding hydrogens is 544 g/mol. The minimum Gasteiger partial charge on any atom is -0.491 e.